The Morgan fingerprint density at radius 1 is 1.61 bits per heavy atom. The molecule has 0 bridgehead atoms. The fourth-order valence-corrected chi connectivity index (χ4v) is 2.22. The van der Waals surface area contributed by atoms with E-state index >= 15 is 0 Å². The highest BCUT2D eigenvalue weighted by Crippen LogP contribution is 2.25. The molecule has 1 aliphatic rings. The zero-order valence-electron chi connectivity index (χ0n) is 9.71. The summed E-state index contributed by atoms with van der Waals surface area (Å²) in [4.78, 5) is 11.8. The van der Waals surface area contributed by atoms with Crippen molar-refractivity contribution in [2.75, 3.05) is 25.1 Å². The third-order valence-corrected chi connectivity index (χ3v) is 3.32. The van der Waals surface area contributed by atoms with E-state index < -0.39 is 5.82 Å². The molecule has 0 radical (unpaired) electrons. The Morgan fingerprint density at radius 2 is 2.44 bits per heavy atom. The van der Waals surface area contributed by atoms with Gasteiger partial charge < -0.3 is 15.4 Å². The van der Waals surface area contributed by atoms with Gasteiger partial charge in [-0.1, -0.05) is 6.07 Å². The number of para-hydroxylation sites is 1. The van der Waals surface area contributed by atoms with Crippen molar-refractivity contribution < 1.29 is 13.9 Å². The van der Waals surface area contributed by atoms with Gasteiger partial charge in [0.2, 0.25) is 5.91 Å². The number of halogens is 2. The van der Waals surface area contributed by atoms with Crippen LogP contribution in [0.5, 0.6) is 0 Å². The molecule has 1 fully saturated rings. The van der Waals surface area contributed by atoms with Crippen molar-refractivity contribution >= 4 is 27.5 Å². The molecule has 1 aromatic carbocycles. The van der Waals surface area contributed by atoms with Crippen LogP contribution < -0.4 is 10.6 Å². The first-order valence-electron chi connectivity index (χ1n) is 5.72. The van der Waals surface area contributed by atoms with Crippen molar-refractivity contribution in [3.63, 3.8) is 0 Å². The topological polar surface area (TPSA) is 50.4 Å². The minimum absolute atomic E-state index is 0.00991. The standard InChI is InChI=1S/C12H14BrFN2O2/c13-9-2-1-3-10(14)12(9)16-11(17)6-8-7-18-5-4-15-8/h1-3,8,15H,4-7H2,(H,16,17). The summed E-state index contributed by atoms with van der Waals surface area (Å²) in [5.41, 5.74) is 0.180. The zero-order chi connectivity index (χ0) is 13.0. The summed E-state index contributed by atoms with van der Waals surface area (Å²) in [6, 6.07) is 4.55. The Hall–Kier alpha value is -0.980. The summed E-state index contributed by atoms with van der Waals surface area (Å²) in [6.07, 6.45) is 0.265. The Morgan fingerprint density at radius 3 is 3.11 bits per heavy atom. The average molecular weight is 317 g/mol. The van der Waals surface area contributed by atoms with E-state index in [0.717, 1.165) is 6.54 Å². The number of amides is 1. The van der Waals surface area contributed by atoms with Crippen molar-refractivity contribution in [1.29, 1.82) is 0 Å². The number of hydrogen-bond acceptors (Lipinski definition) is 3. The number of benzene rings is 1. The van der Waals surface area contributed by atoms with E-state index in [-0.39, 0.29) is 24.1 Å². The molecule has 2 N–H and O–H groups in total. The van der Waals surface area contributed by atoms with E-state index in [4.69, 9.17) is 4.74 Å². The van der Waals surface area contributed by atoms with E-state index in [1.807, 2.05) is 0 Å². The van der Waals surface area contributed by atoms with Crippen LogP contribution in [0.2, 0.25) is 0 Å². The van der Waals surface area contributed by atoms with E-state index in [1.54, 1.807) is 12.1 Å². The number of anilines is 1. The predicted octanol–water partition coefficient (Wildman–Crippen LogP) is 1.91. The molecule has 2 rings (SSSR count). The molecule has 6 heteroatoms. The van der Waals surface area contributed by atoms with Crippen LogP contribution in [0.25, 0.3) is 0 Å². The molecule has 1 amide bonds. The summed E-state index contributed by atoms with van der Waals surface area (Å²) < 4.78 is 19.3. The summed E-state index contributed by atoms with van der Waals surface area (Å²) in [7, 11) is 0. The lowest BCUT2D eigenvalue weighted by molar-refractivity contribution is -0.117. The Balaban J connectivity index is 1.94. The molecule has 0 aliphatic carbocycles. The normalized spacial score (nSPS) is 19.6. The molecule has 98 valence electrons. The first-order chi connectivity index (χ1) is 8.66. The maximum Gasteiger partial charge on any atom is 0.226 e. The largest absolute Gasteiger partial charge is 0.378 e. The van der Waals surface area contributed by atoms with E-state index in [1.165, 1.54) is 6.07 Å². The predicted molar refractivity (Wildman–Crippen MR) is 70.0 cm³/mol. The number of hydrogen-bond donors (Lipinski definition) is 2. The van der Waals surface area contributed by atoms with Gasteiger partial charge in [0.15, 0.2) is 0 Å². The zero-order valence-corrected chi connectivity index (χ0v) is 11.3. The SMILES string of the molecule is O=C(CC1COCCN1)Nc1c(F)cccc1Br. The molecule has 0 saturated carbocycles. The lowest BCUT2D eigenvalue weighted by atomic mass is 10.2. The Labute approximate surface area is 113 Å². The number of carbonyl (C=O) groups is 1. The summed E-state index contributed by atoms with van der Waals surface area (Å²) in [5, 5.41) is 5.74. The molecule has 1 aliphatic heterocycles. The monoisotopic (exact) mass is 316 g/mol. The number of carbonyl (C=O) groups excluding carboxylic acids is 1. The lowest BCUT2D eigenvalue weighted by Crippen LogP contribution is -2.43. The number of ether oxygens (including phenoxy) is 1. The van der Waals surface area contributed by atoms with Gasteiger partial charge in [0.05, 0.1) is 18.9 Å². The van der Waals surface area contributed by atoms with Crippen molar-refractivity contribution in [1.82, 2.24) is 5.32 Å². The highest BCUT2D eigenvalue weighted by atomic mass is 79.9. The van der Waals surface area contributed by atoms with Gasteiger partial charge in [0, 0.05) is 23.5 Å². The van der Waals surface area contributed by atoms with E-state index in [2.05, 4.69) is 26.6 Å². The number of rotatable bonds is 3. The van der Waals surface area contributed by atoms with Crippen LogP contribution in [0.1, 0.15) is 6.42 Å². The van der Waals surface area contributed by atoms with E-state index in [9.17, 15) is 9.18 Å². The quantitative estimate of drug-likeness (QED) is 0.895. The smallest absolute Gasteiger partial charge is 0.226 e. The third-order valence-electron chi connectivity index (χ3n) is 2.66. The van der Waals surface area contributed by atoms with Gasteiger partial charge in [0.1, 0.15) is 5.82 Å². The van der Waals surface area contributed by atoms with Gasteiger partial charge in [-0.05, 0) is 28.1 Å². The molecule has 0 spiro atoms. The van der Waals surface area contributed by atoms with Crippen LogP contribution in [0, 0.1) is 5.82 Å². The second kappa shape index (κ2) is 6.26. The molecule has 4 nitrogen and oxygen atoms in total. The molecule has 1 heterocycles. The second-order valence-electron chi connectivity index (χ2n) is 4.07. The molecule has 18 heavy (non-hydrogen) atoms. The Kier molecular flexibility index (Phi) is 4.68. The van der Waals surface area contributed by atoms with E-state index in [0.29, 0.717) is 17.7 Å². The molecular formula is C12H14BrFN2O2. The first-order valence-corrected chi connectivity index (χ1v) is 6.51. The second-order valence-corrected chi connectivity index (χ2v) is 4.93. The lowest BCUT2D eigenvalue weighted by Gasteiger charge is -2.23. The van der Waals surface area contributed by atoms with Crippen LogP contribution in [0.3, 0.4) is 0 Å². The fraction of sp³-hybridized carbons (Fsp3) is 0.417. The van der Waals surface area contributed by atoms with Crippen LogP contribution in [0.4, 0.5) is 10.1 Å². The minimum Gasteiger partial charge on any atom is -0.378 e. The van der Waals surface area contributed by atoms with Crippen molar-refractivity contribution in [2.24, 2.45) is 0 Å². The highest BCUT2D eigenvalue weighted by Gasteiger charge is 2.18. The van der Waals surface area contributed by atoms with Gasteiger partial charge in [-0.2, -0.15) is 0 Å². The van der Waals surface area contributed by atoms with Crippen LogP contribution in [0.15, 0.2) is 22.7 Å². The molecule has 1 atom stereocenters. The van der Waals surface area contributed by atoms with Crippen LogP contribution in [-0.4, -0.2) is 31.7 Å². The summed E-state index contributed by atoms with van der Waals surface area (Å²) >= 11 is 3.21. The molecule has 1 unspecified atom stereocenters. The van der Waals surface area contributed by atoms with Gasteiger partial charge in [-0.3, -0.25) is 4.79 Å². The van der Waals surface area contributed by atoms with Gasteiger partial charge in [0.25, 0.3) is 0 Å². The number of nitrogens with one attached hydrogen (secondary N) is 2. The maximum atomic E-state index is 13.5. The molecule has 1 saturated heterocycles. The average Bonchev–Trinajstić information content (AvgIpc) is 2.35. The van der Waals surface area contributed by atoms with Crippen molar-refractivity contribution in [3.05, 3.63) is 28.5 Å². The number of morpholine rings is 1. The van der Waals surface area contributed by atoms with Crippen LogP contribution >= 0.6 is 15.9 Å². The third kappa shape index (κ3) is 3.51. The fourth-order valence-electron chi connectivity index (χ4n) is 1.78. The van der Waals surface area contributed by atoms with Gasteiger partial charge >= 0.3 is 0 Å². The molecular weight excluding hydrogens is 303 g/mol. The van der Waals surface area contributed by atoms with Gasteiger partial charge in [-0.15, -0.1) is 0 Å². The first kappa shape index (κ1) is 13.5. The molecule has 1 aromatic rings. The van der Waals surface area contributed by atoms with Crippen molar-refractivity contribution in [2.45, 2.75) is 12.5 Å². The molecule has 0 aromatic heterocycles. The van der Waals surface area contributed by atoms with Crippen molar-refractivity contribution in [3.8, 4) is 0 Å². The van der Waals surface area contributed by atoms with Gasteiger partial charge in [-0.25, -0.2) is 4.39 Å². The maximum absolute atomic E-state index is 13.5. The minimum atomic E-state index is -0.453. The Bertz CT molecular complexity index is 416. The summed E-state index contributed by atoms with van der Waals surface area (Å²) in [6.45, 7) is 1.91. The van der Waals surface area contributed by atoms with Crippen LogP contribution in [-0.2, 0) is 9.53 Å². The summed E-state index contributed by atoms with van der Waals surface area (Å²) in [5.74, 6) is -0.686. The highest BCUT2D eigenvalue weighted by molar-refractivity contribution is 9.10.